The van der Waals surface area contributed by atoms with E-state index in [1.54, 1.807) is 0 Å². The van der Waals surface area contributed by atoms with Crippen LogP contribution in [0.2, 0.25) is 0 Å². The van der Waals surface area contributed by atoms with E-state index in [1.165, 1.54) is 48.2 Å². The highest BCUT2D eigenvalue weighted by Gasteiger charge is 2.22. The number of anilines is 6. The summed E-state index contributed by atoms with van der Waals surface area (Å²) in [4.78, 5) is 4.76. The maximum Gasteiger partial charge on any atom is 0.0540 e. The lowest BCUT2D eigenvalue weighted by atomic mass is 10.1. The first-order valence-corrected chi connectivity index (χ1v) is 20.8. The van der Waals surface area contributed by atoms with E-state index in [-0.39, 0.29) is 0 Å². The van der Waals surface area contributed by atoms with Crippen LogP contribution in [-0.2, 0) is 0 Å². The molecule has 0 aliphatic rings. The predicted molar refractivity (Wildman–Crippen MR) is 247 cm³/mol. The lowest BCUT2D eigenvalue weighted by molar-refractivity contribution is 1.30. The van der Waals surface area contributed by atoms with Crippen molar-refractivity contribution in [2.24, 2.45) is 0 Å². The van der Waals surface area contributed by atoms with E-state index in [9.17, 15) is 0 Å². The number of nitrogens with zero attached hydrogens (tertiary/aromatic N) is 2. The Hall–Kier alpha value is -6.99. The number of fused-ring (bicyclic) bond motifs is 3. The summed E-state index contributed by atoms with van der Waals surface area (Å²) < 4.78 is 0. The van der Waals surface area contributed by atoms with Crippen molar-refractivity contribution in [1.82, 2.24) is 0 Å². The van der Waals surface area contributed by atoms with E-state index in [2.05, 4.69) is 246 Å². The monoisotopic (exact) mass is 746 g/mol. The molecule has 0 unspecified atom stereocenters. The summed E-state index contributed by atoms with van der Waals surface area (Å²) in [6.07, 6.45) is 0. The van der Waals surface area contributed by atoms with Gasteiger partial charge < -0.3 is 9.80 Å². The van der Waals surface area contributed by atoms with E-state index < -0.39 is 7.92 Å². The van der Waals surface area contributed by atoms with Gasteiger partial charge >= 0.3 is 0 Å². The van der Waals surface area contributed by atoms with Gasteiger partial charge in [0.25, 0.3) is 0 Å². The van der Waals surface area contributed by atoms with E-state index >= 15 is 0 Å². The molecule has 10 aromatic rings. The molecule has 0 radical (unpaired) electrons. The van der Waals surface area contributed by atoms with Crippen molar-refractivity contribution in [3.8, 4) is 0 Å². The van der Waals surface area contributed by atoms with Crippen molar-refractivity contribution in [2.45, 2.75) is 0 Å². The van der Waals surface area contributed by atoms with Crippen LogP contribution in [0.4, 0.5) is 34.1 Å². The average Bonchev–Trinajstić information content (AvgIpc) is 3.29. The molecular formula is C54H39N2P. The zero-order valence-corrected chi connectivity index (χ0v) is 32.3. The molecule has 0 aliphatic heterocycles. The van der Waals surface area contributed by atoms with Crippen LogP contribution in [0, 0.1) is 0 Å². The molecule has 0 saturated carbocycles. The summed E-state index contributed by atoms with van der Waals surface area (Å²) in [5.74, 6) is 0. The first-order valence-electron chi connectivity index (χ1n) is 19.4. The van der Waals surface area contributed by atoms with Crippen molar-refractivity contribution in [3.05, 3.63) is 237 Å². The van der Waals surface area contributed by atoms with E-state index in [0.717, 1.165) is 34.1 Å². The van der Waals surface area contributed by atoms with Crippen LogP contribution in [0.15, 0.2) is 237 Å². The van der Waals surface area contributed by atoms with Crippen LogP contribution in [0.25, 0.3) is 32.3 Å². The minimum absolute atomic E-state index is 0.920. The van der Waals surface area contributed by atoms with Crippen molar-refractivity contribution >= 4 is 90.3 Å². The lowest BCUT2D eigenvalue weighted by Gasteiger charge is -2.28. The van der Waals surface area contributed by atoms with Crippen LogP contribution in [-0.4, -0.2) is 0 Å². The third kappa shape index (κ3) is 6.61. The molecule has 270 valence electrons. The predicted octanol–water partition coefficient (Wildman–Crippen LogP) is 13.8. The van der Waals surface area contributed by atoms with Crippen molar-refractivity contribution in [1.29, 1.82) is 0 Å². The topological polar surface area (TPSA) is 6.48 Å². The Morgan fingerprint density at radius 3 is 1.04 bits per heavy atom. The average molecular weight is 747 g/mol. The van der Waals surface area contributed by atoms with Gasteiger partial charge in [-0.05, 0) is 106 Å². The van der Waals surface area contributed by atoms with E-state index in [4.69, 9.17) is 0 Å². The molecule has 10 aromatic carbocycles. The Balaban J connectivity index is 1.10. The molecule has 0 heterocycles. The van der Waals surface area contributed by atoms with Crippen molar-refractivity contribution < 1.29 is 0 Å². The summed E-state index contributed by atoms with van der Waals surface area (Å²) in [5.41, 5.74) is 6.82. The highest BCUT2D eigenvalue weighted by molar-refractivity contribution is 7.80. The molecule has 0 fully saturated rings. The van der Waals surface area contributed by atoms with E-state index in [1.807, 2.05) is 0 Å². The fourth-order valence-electron chi connectivity index (χ4n) is 8.15. The molecule has 0 aromatic heterocycles. The number of hydrogen-bond donors (Lipinski definition) is 0. The Labute approximate surface area is 335 Å². The molecule has 3 heteroatoms. The molecule has 0 aliphatic carbocycles. The minimum Gasteiger partial charge on any atom is -0.310 e. The van der Waals surface area contributed by atoms with Crippen LogP contribution in [0.5, 0.6) is 0 Å². The molecule has 0 atom stereocenters. The van der Waals surface area contributed by atoms with Crippen LogP contribution in [0.3, 0.4) is 0 Å². The van der Waals surface area contributed by atoms with Gasteiger partial charge in [-0.1, -0.05) is 176 Å². The smallest absolute Gasteiger partial charge is 0.0540 e. The Bertz CT molecular complexity index is 2780. The molecular weight excluding hydrogens is 708 g/mol. The lowest BCUT2D eigenvalue weighted by Crippen LogP contribution is -2.22. The first-order chi connectivity index (χ1) is 28.3. The SMILES string of the molecule is c1ccc(N(c2ccc(P(c3ccc(N(c4ccccc4)c4cccc5ccccc45)cc3)c3cccc4ccccc34)cc2)c2cccc3ccccc23)cc1. The number of benzene rings is 10. The fraction of sp³-hybridized carbons (Fsp3) is 0. The van der Waals surface area contributed by atoms with Crippen molar-refractivity contribution in [2.75, 3.05) is 9.80 Å². The number of para-hydroxylation sites is 2. The zero-order chi connectivity index (χ0) is 38.0. The Morgan fingerprint density at radius 1 is 0.246 bits per heavy atom. The zero-order valence-electron chi connectivity index (χ0n) is 31.4. The van der Waals surface area contributed by atoms with Crippen LogP contribution < -0.4 is 25.7 Å². The third-order valence-corrected chi connectivity index (χ3v) is 13.3. The van der Waals surface area contributed by atoms with Gasteiger partial charge in [0.2, 0.25) is 0 Å². The second-order valence-corrected chi connectivity index (χ2v) is 16.4. The number of rotatable bonds is 9. The maximum atomic E-state index is 2.38. The second-order valence-electron chi connectivity index (χ2n) is 14.2. The molecule has 0 saturated heterocycles. The molecule has 0 amide bonds. The normalized spacial score (nSPS) is 11.3. The van der Waals surface area contributed by atoms with Gasteiger partial charge in [0, 0.05) is 33.5 Å². The van der Waals surface area contributed by atoms with Crippen molar-refractivity contribution in [3.63, 3.8) is 0 Å². The van der Waals surface area contributed by atoms with Gasteiger partial charge in [-0.15, -0.1) is 0 Å². The number of hydrogen-bond acceptors (Lipinski definition) is 2. The van der Waals surface area contributed by atoms with Gasteiger partial charge in [-0.2, -0.15) is 0 Å². The summed E-state index contributed by atoms with van der Waals surface area (Å²) in [5, 5.41) is 11.4. The van der Waals surface area contributed by atoms with Gasteiger partial charge in [-0.3, -0.25) is 0 Å². The minimum atomic E-state index is -0.920. The molecule has 57 heavy (non-hydrogen) atoms. The largest absolute Gasteiger partial charge is 0.310 e. The van der Waals surface area contributed by atoms with Crippen LogP contribution in [0.1, 0.15) is 0 Å². The van der Waals surface area contributed by atoms with Crippen LogP contribution >= 0.6 is 7.92 Å². The second kappa shape index (κ2) is 15.3. The summed E-state index contributed by atoms with van der Waals surface area (Å²) in [7, 11) is -0.920. The molecule has 10 rings (SSSR count). The molecule has 0 N–H and O–H groups in total. The first kappa shape index (κ1) is 34.5. The Morgan fingerprint density at radius 2 is 0.579 bits per heavy atom. The maximum absolute atomic E-state index is 2.38. The van der Waals surface area contributed by atoms with Gasteiger partial charge in [0.1, 0.15) is 0 Å². The fourth-order valence-corrected chi connectivity index (χ4v) is 10.6. The summed E-state index contributed by atoms with van der Waals surface area (Å²) in [6.45, 7) is 0. The van der Waals surface area contributed by atoms with Gasteiger partial charge in [0.15, 0.2) is 0 Å². The quantitative estimate of drug-likeness (QED) is 0.136. The Kier molecular flexibility index (Phi) is 9.24. The highest BCUT2D eigenvalue weighted by Crippen LogP contribution is 2.43. The summed E-state index contributed by atoms with van der Waals surface area (Å²) in [6, 6.07) is 86.0. The third-order valence-electron chi connectivity index (χ3n) is 10.8. The van der Waals surface area contributed by atoms with E-state index in [0.29, 0.717) is 0 Å². The van der Waals surface area contributed by atoms with Gasteiger partial charge in [0.05, 0.1) is 11.4 Å². The molecule has 2 nitrogen and oxygen atoms in total. The molecule has 0 spiro atoms. The van der Waals surface area contributed by atoms with Gasteiger partial charge in [-0.25, -0.2) is 0 Å². The summed E-state index contributed by atoms with van der Waals surface area (Å²) >= 11 is 0. The molecule has 0 bridgehead atoms. The standard InChI is InChI=1S/C54H39N2P/c1-3-22-43(23-4-1)55(52-29-13-19-40-16-7-10-26-49(40)52)45-32-36-47(37-33-45)57(54-31-15-21-42-18-9-12-28-51(42)54)48-38-34-46(35-39-48)56(44-24-5-2-6-25-44)53-30-14-20-41-17-8-11-27-50(41)53/h1-39H. The highest BCUT2D eigenvalue weighted by atomic mass is 31.1.